The van der Waals surface area contributed by atoms with E-state index in [-0.39, 0.29) is 12.6 Å². The van der Waals surface area contributed by atoms with Crippen molar-refractivity contribution in [2.75, 3.05) is 20.3 Å². The first-order valence-corrected chi connectivity index (χ1v) is 4.76. The molecule has 0 amide bonds. The minimum atomic E-state index is 0.0266. The molecule has 1 atom stereocenters. The van der Waals surface area contributed by atoms with Crippen LogP contribution in [0.3, 0.4) is 0 Å². The standard InChI is InChI=1S/C11H17NO2/c1-12-11(7-13)9-14-8-10-5-3-2-4-6-10/h2-6,11-13H,7-9H2,1H3/t11-/m1/s1. The molecule has 0 saturated heterocycles. The van der Waals surface area contributed by atoms with E-state index in [2.05, 4.69) is 5.32 Å². The number of aliphatic hydroxyl groups excluding tert-OH is 1. The summed E-state index contributed by atoms with van der Waals surface area (Å²) in [5.41, 5.74) is 1.15. The van der Waals surface area contributed by atoms with Gasteiger partial charge in [-0.15, -0.1) is 0 Å². The highest BCUT2D eigenvalue weighted by Crippen LogP contribution is 2.00. The van der Waals surface area contributed by atoms with E-state index in [0.717, 1.165) is 5.56 Å². The maximum absolute atomic E-state index is 8.88. The van der Waals surface area contributed by atoms with Crippen molar-refractivity contribution < 1.29 is 9.84 Å². The first-order valence-electron chi connectivity index (χ1n) is 4.76. The van der Waals surface area contributed by atoms with Gasteiger partial charge in [-0.2, -0.15) is 0 Å². The van der Waals surface area contributed by atoms with Crippen LogP contribution < -0.4 is 5.32 Å². The third-order valence-corrected chi connectivity index (χ3v) is 2.06. The van der Waals surface area contributed by atoms with Crippen molar-refractivity contribution in [1.29, 1.82) is 0 Å². The molecule has 0 aliphatic rings. The Morgan fingerprint density at radius 2 is 2.07 bits per heavy atom. The molecule has 0 aliphatic carbocycles. The van der Waals surface area contributed by atoms with E-state index >= 15 is 0 Å². The molecule has 0 saturated carbocycles. The smallest absolute Gasteiger partial charge is 0.0717 e. The fourth-order valence-electron chi connectivity index (χ4n) is 1.12. The highest BCUT2D eigenvalue weighted by molar-refractivity contribution is 5.13. The Balaban J connectivity index is 2.21. The third kappa shape index (κ3) is 3.87. The molecule has 0 aliphatic heterocycles. The van der Waals surface area contributed by atoms with Crippen LogP contribution in [-0.4, -0.2) is 31.4 Å². The number of hydrogen-bond donors (Lipinski definition) is 2. The normalized spacial score (nSPS) is 12.7. The molecule has 0 unspecified atom stereocenters. The second kappa shape index (κ2) is 6.54. The number of rotatable bonds is 6. The van der Waals surface area contributed by atoms with Crippen LogP contribution >= 0.6 is 0 Å². The maximum atomic E-state index is 8.88. The predicted octanol–water partition coefficient (Wildman–Crippen LogP) is 0.783. The zero-order valence-electron chi connectivity index (χ0n) is 8.44. The lowest BCUT2D eigenvalue weighted by Gasteiger charge is -2.13. The summed E-state index contributed by atoms with van der Waals surface area (Å²) in [7, 11) is 1.81. The minimum absolute atomic E-state index is 0.0266. The Hall–Kier alpha value is -0.900. The second-order valence-electron chi connectivity index (χ2n) is 3.17. The van der Waals surface area contributed by atoms with Gasteiger partial charge >= 0.3 is 0 Å². The van der Waals surface area contributed by atoms with Gasteiger partial charge in [0, 0.05) is 0 Å². The van der Waals surface area contributed by atoms with Crippen molar-refractivity contribution in [2.24, 2.45) is 0 Å². The summed E-state index contributed by atoms with van der Waals surface area (Å²) in [4.78, 5) is 0. The van der Waals surface area contributed by atoms with E-state index in [1.165, 1.54) is 0 Å². The van der Waals surface area contributed by atoms with Crippen LogP contribution in [0, 0.1) is 0 Å². The van der Waals surface area contributed by atoms with Gasteiger partial charge in [-0.1, -0.05) is 30.3 Å². The number of ether oxygens (including phenoxy) is 1. The molecule has 78 valence electrons. The van der Waals surface area contributed by atoms with E-state index in [4.69, 9.17) is 9.84 Å². The van der Waals surface area contributed by atoms with Crippen LogP contribution in [0.25, 0.3) is 0 Å². The molecule has 1 rings (SSSR count). The van der Waals surface area contributed by atoms with E-state index in [1.54, 1.807) is 0 Å². The monoisotopic (exact) mass is 195 g/mol. The van der Waals surface area contributed by atoms with Crippen molar-refractivity contribution in [3.63, 3.8) is 0 Å². The van der Waals surface area contributed by atoms with Crippen LogP contribution in [-0.2, 0) is 11.3 Å². The van der Waals surface area contributed by atoms with Crippen LogP contribution in [0.15, 0.2) is 30.3 Å². The molecule has 3 nitrogen and oxygen atoms in total. The number of likely N-dealkylation sites (N-methyl/N-ethyl adjacent to an activating group) is 1. The summed E-state index contributed by atoms with van der Waals surface area (Å²) in [6.07, 6.45) is 0. The first kappa shape index (κ1) is 11.2. The Morgan fingerprint density at radius 1 is 1.36 bits per heavy atom. The predicted molar refractivity (Wildman–Crippen MR) is 56.0 cm³/mol. The Bertz CT molecular complexity index is 234. The van der Waals surface area contributed by atoms with E-state index in [0.29, 0.717) is 13.2 Å². The van der Waals surface area contributed by atoms with Crippen molar-refractivity contribution in [3.05, 3.63) is 35.9 Å². The zero-order chi connectivity index (χ0) is 10.2. The Labute approximate surface area is 84.7 Å². The van der Waals surface area contributed by atoms with Crippen molar-refractivity contribution >= 4 is 0 Å². The van der Waals surface area contributed by atoms with E-state index < -0.39 is 0 Å². The summed E-state index contributed by atoms with van der Waals surface area (Å²) >= 11 is 0. The largest absolute Gasteiger partial charge is 0.395 e. The molecule has 0 heterocycles. The van der Waals surface area contributed by atoms with Gasteiger partial charge in [-0.3, -0.25) is 0 Å². The fraction of sp³-hybridized carbons (Fsp3) is 0.455. The van der Waals surface area contributed by atoms with Crippen LogP contribution in [0.4, 0.5) is 0 Å². The lowest BCUT2D eigenvalue weighted by molar-refractivity contribution is 0.0808. The summed E-state index contributed by atoms with van der Waals surface area (Å²) in [5, 5.41) is 11.8. The molecule has 0 radical (unpaired) electrons. The summed E-state index contributed by atoms with van der Waals surface area (Å²) in [5.74, 6) is 0. The van der Waals surface area contributed by atoms with Crippen LogP contribution in [0.5, 0.6) is 0 Å². The molecule has 0 aromatic heterocycles. The summed E-state index contributed by atoms with van der Waals surface area (Å²) in [6.45, 7) is 1.23. The van der Waals surface area contributed by atoms with Crippen molar-refractivity contribution in [3.8, 4) is 0 Å². The molecule has 0 spiro atoms. The molecular weight excluding hydrogens is 178 g/mol. The quantitative estimate of drug-likeness (QED) is 0.705. The Kier molecular flexibility index (Phi) is 5.22. The highest BCUT2D eigenvalue weighted by Gasteiger charge is 2.03. The summed E-state index contributed by atoms with van der Waals surface area (Å²) in [6, 6.07) is 10.0. The van der Waals surface area contributed by atoms with Crippen LogP contribution in [0.2, 0.25) is 0 Å². The average molecular weight is 195 g/mol. The number of aliphatic hydroxyl groups is 1. The number of nitrogens with one attached hydrogen (secondary N) is 1. The SMILES string of the molecule is CN[C@H](CO)COCc1ccccc1. The number of benzene rings is 1. The molecule has 0 fully saturated rings. The fourth-order valence-corrected chi connectivity index (χ4v) is 1.12. The highest BCUT2D eigenvalue weighted by atomic mass is 16.5. The van der Waals surface area contributed by atoms with Gasteiger partial charge in [-0.05, 0) is 12.6 Å². The second-order valence-corrected chi connectivity index (χ2v) is 3.17. The third-order valence-electron chi connectivity index (χ3n) is 2.06. The minimum Gasteiger partial charge on any atom is -0.395 e. The molecule has 3 heteroatoms. The molecule has 0 bridgehead atoms. The lowest BCUT2D eigenvalue weighted by atomic mass is 10.2. The van der Waals surface area contributed by atoms with Gasteiger partial charge in [-0.25, -0.2) is 0 Å². The topological polar surface area (TPSA) is 41.5 Å². The van der Waals surface area contributed by atoms with Gasteiger partial charge in [0.1, 0.15) is 0 Å². The maximum Gasteiger partial charge on any atom is 0.0717 e. The van der Waals surface area contributed by atoms with Crippen molar-refractivity contribution in [1.82, 2.24) is 5.32 Å². The molecule has 1 aromatic carbocycles. The lowest BCUT2D eigenvalue weighted by Crippen LogP contribution is -2.33. The van der Waals surface area contributed by atoms with Gasteiger partial charge in [0.2, 0.25) is 0 Å². The molecule has 2 N–H and O–H groups in total. The first-order chi connectivity index (χ1) is 6.86. The Morgan fingerprint density at radius 3 is 2.64 bits per heavy atom. The number of hydrogen-bond acceptors (Lipinski definition) is 3. The van der Waals surface area contributed by atoms with Crippen LogP contribution in [0.1, 0.15) is 5.56 Å². The summed E-state index contributed by atoms with van der Waals surface area (Å²) < 4.78 is 5.44. The molecule has 1 aromatic rings. The molecule has 14 heavy (non-hydrogen) atoms. The van der Waals surface area contributed by atoms with E-state index in [9.17, 15) is 0 Å². The van der Waals surface area contributed by atoms with E-state index in [1.807, 2.05) is 37.4 Å². The average Bonchev–Trinajstić information content (AvgIpc) is 2.26. The van der Waals surface area contributed by atoms with Gasteiger partial charge < -0.3 is 15.2 Å². The van der Waals surface area contributed by atoms with Gasteiger partial charge in [0.15, 0.2) is 0 Å². The zero-order valence-corrected chi connectivity index (χ0v) is 8.44. The molecular formula is C11H17NO2. The van der Waals surface area contributed by atoms with Gasteiger partial charge in [0.05, 0.1) is 25.9 Å². The van der Waals surface area contributed by atoms with Crippen molar-refractivity contribution in [2.45, 2.75) is 12.6 Å². The van der Waals surface area contributed by atoms with Gasteiger partial charge in [0.25, 0.3) is 0 Å².